The molecule has 0 aromatic rings. The number of aliphatic hydroxyl groups excluding tert-OH is 4. The van der Waals surface area contributed by atoms with Gasteiger partial charge >= 0.3 is 0 Å². The molecule has 0 aromatic carbocycles. The molecule has 1 aliphatic rings. The Morgan fingerprint density at radius 3 is 2.55 bits per heavy atom. The predicted octanol–water partition coefficient (Wildman–Crippen LogP) is -1.27. The van der Waals surface area contributed by atoms with E-state index in [1.165, 1.54) is 0 Å². The van der Waals surface area contributed by atoms with Gasteiger partial charge in [-0.25, -0.2) is 0 Å². The zero-order valence-electron chi connectivity index (χ0n) is 11.4. The Labute approximate surface area is 117 Å². The first-order chi connectivity index (χ1) is 9.43. The number of ether oxygens (including phenoxy) is 2. The van der Waals surface area contributed by atoms with Gasteiger partial charge in [-0.3, -0.25) is 4.79 Å². The maximum absolute atomic E-state index is 11.4. The highest BCUT2D eigenvalue weighted by Gasteiger charge is 2.48. The second kappa shape index (κ2) is 7.82. The molecule has 2 unspecified atom stereocenters. The van der Waals surface area contributed by atoms with Gasteiger partial charge in [0, 0.05) is 6.61 Å². The molecule has 20 heavy (non-hydrogen) atoms. The van der Waals surface area contributed by atoms with Crippen LogP contribution in [-0.4, -0.2) is 69.6 Å². The van der Waals surface area contributed by atoms with Gasteiger partial charge in [-0.2, -0.15) is 0 Å². The number of unbranched alkanes of at least 4 members (excludes halogenated alkanes) is 1. The molecular formula is C13H22O7. The minimum atomic E-state index is -1.68. The molecule has 6 atom stereocenters. The first kappa shape index (κ1) is 17.2. The van der Waals surface area contributed by atoms with Gasteiger partial charge < -0.3 is 29.9 Å². The van der Waals surface area contributed by atoms with Crippen LogP contribution in [0.25, 0.3) is 0 Å². The van der Waals surface area contributed by atoms with Crippen molar-refractivity contribution < 1.29 is 34.7 Å². The van der Waals surface area contributed by atoms with E-state index in [0.717, 1.165) is 18.9 Å². The molecule has 7 nitrogen and oxygen atoms in total. The summed E-state index contributed by atoms with van der Waals surface area (Å²) in [6.07, 6.45) is -6.42. The minimum absolute atomic E-state index is 0.291. The summed E-state index contributed by atoms with van der Waals surface area (Å²) in [5.74, 6) is -0.745. The van der Waals surface area contributed by atoms with Crippen LogP contribution >= 0.6 is 0 Å². The van der Waals surface area contributed by atoms with E-state index in [9.17, 15) is 25.2 Å². The topological polar surface area (TPSA) is 116 Å². The van der Waals surface area contributed by atoms with E-state index < -0.39 is 42.6 Å². The first-order valence-corrected chi connectivity index (χ1v) is 6.59. The number of carbonyl (C=O) groups is 1. The van der Waals surface area contributed by atoms with Crippen molar-refractivity contribution in [3.8, 4) is 0 Å². The maximum atomic E-state index is 11.4. The first-order valence-electron chi connectivity index (χ1n) is 6.59. The highest BCUT2D eigenvalue weighted by molar-refractivity contribution is 5.93. The van der Waals surface area contributed by atoms with Crippen molar-refractivity contribution in [1.29, 1.82) is 0 Å². The zero-order chi connectivity index (χ0) is 15.3. The van der Waals surface area contributed by atoms with Crippen LogP contribution < -0.4 is 0 Å². The summed E-state index contributed by atoms with van der Waals surface area (Å²) in [5.41, 5.74) is 0. The third-order valence-electron chi connectivity index (χ3n) is 3.19. The molecule has 1 rings (SSSR count). The fourth-order valence-corrected chi connectivity index (χ4v) is 1.90. The second-order valence-corrected chi connectivity index (χ2v) is 4.72. The predicted molar refractivity (Wildman–Crippen MR) is 68.8 cm³/mol. The largest absolute Gasteiger partial charge is 0.387 e. The van der Waals surface area contributed by atoms with Gasteiger partial charge in [0.15, 0.2) is 12.1 Å². The lowest BCUT2D eigenvalue weighted by Crippen LogP contribution is -2.62. The fraction of sp³-hybridized carbons (Fsp3) is 0.769. The van der Waals surface area contributed by atoms with Crippen LogP contribution in [0.1, 0.15) is 19.8 Å². The summed E-state index contributed by atoms with van der Waals surface area (Å²) < 4.78 is 10.5. The Balaban J connectivity index is 2.75. The third kappa shape index (κ3) is 3.85. The normalized spacial score (nSPS) is 35.5. The summed E-state index contributed by atoms with van der Waals surface area (Å²) in [7, 11) is 0. The fourth-order valence-electron chi connectivity index (χ4n) is 1.90. The van der Waals surface area contributed by atoms with Crippen LogP contribution in [0.3, 0.4) is 0 Å². The Hall–Kier alpha value is -0.830. The average molecular weight is 290 g/mol. The van der Waals surface area contributed by atoms with Gasteiger partial charge in [0.25, 0.3) is 0 Å². The van der Waals surface area contributed by atoms with Crippen LogP contribution in [0.4, 0.5) is 0 Å². The molecule has 0 aromatic heterocycles. The highest BCUT2D eigenvalue weighted by Crippen LogP contribution is 2.24. The second-order valence-electron chi connectivity index (χ2n) is 4.72. The average Bonchev–Trinajstić information content (AvgIpc) is 2.45. The summed E-state index contributed by atoms with van der Waals surface area (Å²) in [4.78, 5) is 11.4. The van der Waals surface area contributed by atoms with Crippen LogP contribution in [-0.2, 0) is 14.3 Å². The smallest absolute Gasteiger partial charge is 0.186 e. The summed E-state index contributed by atoms with van der Waals surface area (Å²) in [6.45, 7) is 5.47. The van der Waals surface area contributed by atoms with Gasteiger partial charge in [-0.1, -0.05) is 19.9 Å². The molecule has 0 radical (unpaired) electrons. The lowest BCUT2D eigenvalue weighted by atomic mass is 9.93. The van der Waals surface area contributed by atoms with E-state index >= 15 is 0 Å². The van der Waals surface area contributed by atoms with E-state index in [-0.39, 0.29) is 0 Å². The number of ketones is 1. The lowest BCUT2D eigenvalue weighted by molar-refractivity contribution is -0.307. The van der Waals surface area contributed by atoms with Crippen LogP contribution in [0.5, 0.6) is 0 Å². The van der Waals surface area contributed by atoms with Crippen molar-refractivity contribution in [2.75, 3.05) is 6.61 Å². The maximum Gasteiger partial charge on any atom is 0.186 e. The standard InChI is InChI=1S/C13H22O7/c1-3-5-6-19-13-11(18)9(16)10(17)12(20-13)8(15)7(14)4-2/h4,8-13,15-18H,2-3,5-6H2,1H3/t8?,9-,10-,11+,12+,13?/m0/s1. The molecule has 0 aliphatic carbocycles. The number of hydrogen-bond acceptors (Lipinski definition) is 7. The van der Waals surface area contributed by atoms with Crippen LogP contribution in [0, 0.1) is 0 Å². The molecule has 116 valence electrons. The Morgan fingerprint density at radius 2 is 2.00 bits per heavy atom. The van der Waals surface area contributed by atoms with Crippen molar-refractivity contribution in [3.05, 3.63) is 12.7 Å². The summed E-state index contributed by atoms with van der Waals surface area (Å²) in [5, 5.41) is 39.0. The molecule has 0 spiro atoms. The number of hydrogen-bond donors (Lipinski definition) is 4. The van der Waals surface area contributed by atoms with E-state index in [4.69, 9.17) is 9.47 Å². The van der Waals surface area contributed by atoms with Crippen molar-refractivity contribution in [2.24, 2.45) is 0 Å². The minimum Gasteiger partial charge on any atom is -0.387 e. The third-order valence-corrected chi connectivity index (χ3v) is 3.19. The molecule has 0 saturated carbocycles. The van der Waals surface area contributed by atoms with Crippen molar-refractivity contribution in [2.45, 2.75) is 56.6 Å². The van der Waals surface area contributed by atoms with Gasteiger partial charge in [0.2, 0.25) is 0 Å². The van der Waals surface area contributed by atoms with Crippen molar-refractivity contribution in [1.82, 2.24) is 0 Å². The Morgan fingerprint density at radius 1 is 1.35 bits per heavy atom. The van der Waals surface area contributed by atoms with Gasteiger partial charge in [-0.15, -0.1) is 0 Å². The monoisotopic (exact) mass is 290 g/mol. The summed E-state index contributed by atoms with van der Waals surface area (Å²) >= 11 is 0. The number of carbonyl (C=O) groups excluding carboxylic acids is 1. The van der Waals surface area contributed by atoms with Crippen LogP contribution in [0.2, 0.25) is 0 Å². The SMILES string of the molecule is C=CC(=O)C(O)[C@H]1OC(OCCCC)[C@H](O)[C@@H](O)[C@@H]1O. The summed E-state index contributed by atoms with van der Waals surface area (Å²) in [6, 6.07) is 0. The van der Waals surface area contributed by atoms with Gasteiger partial charge in [0.1, 0.15) is 30.5 Å². The zero-order valence-corrected chi connectivity index (χ0v) is 11.4. The van der Waals surface area contributed by atoms with E-state index in [1.54, 1.807) is 0 Å². The molecular weight excluding hydrogens is 268 g/mol. The highest BCUT2D eigenvalue weighted by atomic mass is 16.7. The Kier molecular flexibility index (Phi) is 6.74. The number of aliphatic hydroxyl groups is 4. The molecule has 7 heteroatoms. The molecule has 1 aliphatic heterocycles. The van der Waals surface area contributed by atoms with Crippen molar-refractivity contribution >= 4 is 5.78 Å². The van der Waals surface area contributed by atoms with Gasteiger partial charge in [0.05, 0.1) is 0 Å². The van der Waals surface area contributed by atoms with Gasteiger partial charge in [-0.05, 0) is 12.5 Å². The lowest BCUT2D eigenvalue weighted by Gasteiger charge is -2.41. The molecule has 0 amide bonds. The molecule has 4 N–H and O–H groups in total. The van der Waals surface area contributed by atoms with Crippen LogP contribution in [0.15, 0.2) is 12.7 Å². The Bertz CT molecular complexity index is 333. The number of rotatable bonds is 7. The quantitative estimate of drug-likeness (QED) is 0.341. The molecule has 1 heterocycles. The molecule has 0 bridgehead atoms. The van der Waals surface area contributed by atoms with Crippen molar-refractivity contribution in [3.63, 3.8) is 0 Å². The van der Waals surface area contributed by atoms with E-state index in [1.807, 2.05) is 6.92 Å². The molecule has 1 saturated heterocycles. The van der Waals surface area contributed by atoms with E-state index in [0.29, 0.717) is 6.61 Å². The van der Waals surface area contributed by atoms with E-state index in [2.05, 4.69) is 6.58 Å². The molecule has 1 fully saturated rings.